The van der Waals surface area contributed by atoms with Gasteiger partial charge in [0.25, 0.3) is 5.91 Å². The molecular weight excluding hydrogens is 411 g/mol. The van der Waals surface area contributed by atoms with Gasteiger partial charge in [0.05, 0.1) is 12.3 Å². The largest absolute Gasteiger partial charge is 0.449 e. The molecule has 31 heavy (non-hydrogen) atoms. The lowest BCUT2D eigenvalue weighted by molar-refractivity contribution is -0.155. The summed E-state index contributed by atoms with van der Waals surface area (Å²) in [4.78, 5) is 24.5. The molecule has 1 unspecified atom stereocenters. The maximum Gasteiger partial charge on any atom is 0.412 e. The van der Waals surface area contributed by atoms with E-state index in [1.54, 1.807) is 6.07 Å². The number of carbonyl (C=O) groups is 2. The van der Waals surface area contributed by atoms with Gasteiger partial charge in [0.15, 0.2) is 6.04 Å². The van der Waals surface area contributed by atoms with E-state index in [1.165, 1.54) is 49.4 Å². The van der Waals surface area contributed by atoms with Crippen LogP contribution in [0.15, 0.2) is 48.5 Å². The molecule has 2 amide bonds. The van der Waals surface area contributed by atoms with Gasteiger partial charge in [0, 0.05) is 16.8 Å². The van der Waals surface area contributed by atoms with Crippen LogP contribution in [0.2, 0.25) is 0 Å². The number of halogens is 3. The summed E-state index contributed by atoms with van der Waals surface area (Å²) >= 11 is 0. The highest BCUT2D eigenvalue weighted by atomic mass is 19.4. The molecule has 3 N–H and O–H groups in total. The van der Waals surface area contributed by atoms with Crippen molar-refractivity contribution in [3.63, 3.8) is 0 Å². The Hall–Kier alpha value is -3.36. The fourth-order valence-corrected chi connectivity index (χ4v) is 2.71. The van der Waals surface area contributed by atoms with Gasteiger partial charge in [-0.25, -0.2) is 4.79 Å². The van der Waals surface area contributed by atoms with E-state index in [-0.39, 0.29) is 40.6 Å². The molecule has 0 aromatic heterocycles. The number of hydrogen-bond acceptors (Lipinski definition) is 4. The molecule has 0 aliphatic rings. The predicted molar refractivity (Wildman–Crippen MR) is 111 cm³/mol. The number of hydrogen-bond donors (Lipinski definition) is 3. The van der Waals surface area contributed by atoms with Crippen molar-refractivity contribution >= 4 is 23.4 Å². The first-order valence-electron chi connectivity index (χ1n) is 9.55. The second-order valence-corrected chi connectivity index (χ2v) is 7.36. The number of benzene rings is 2. The number of amides is 2. The third-order valence-electron chi connectivity index (χ3n) is 4.21. The van der Waals surface area contributed by atoms with Crippen molar-refractivity contribution in [1.82, 2.24) is 5.32 Å². The Labute approximate surface area is 178 Å². The van der Waals surface area contributed by atoms with Crippen LogP contribution in [0.25, 0.3) is 0 Å². The number of nitrogens with one attached hydrogen (secondary N) is 3. The van der Waals surface area contributed by atoms with Crippen LogP contribution < -0.4 is 10.6 Å². The molecule has 9 heteroatoms. The quantitative estimate of drug-likeness (QED) is 0.515. The van der Waals surface area contributed by atoms with Gasteiger partial charge >= 0.3 is 12.3 Å². The first-order valence-corrected chi connectivity index (χ1v) is 9.55. The average molecular weight is 435 g/mol. The molecular formula is C22H24F3N3O3. The lowest BCUT2D eigenvalue weighted by atomic mass is 10.0. The van der Waals surface area contributed by atoms with E-state index in [9.17, 15) is 22.8 Å². The second-order valence-electron chi connectivity index (χ2n) is 7.36. The molecule has 166 valence electrons. The summed E-state index contributed by atoms with van der Waals surface area (Å²) in [6.45, 7) is 5.38. The summed E-state index contributed by atoms with van der Waals surface area (Å²) in [5, 5.41) is 12.4. The van der Waals surface area contributed by atoms with Gasteiger partial charge in [-0.05, 0) is 36.6 Å². The SMILES string of the molecule is CC(=N)c1cc(C(=O)NC(c2ccccc2)C(F)(F)F)ccc1NC(=O)OCC(C)C. The lowest BCUT2D eigenvalue weighted by Gasteiger charge is -2.22. The molecule has 0 bridgehead atoms. The van der Waals surface area contributed by atoms with E-state index in [0.29, 0.717) is 0 Å². The van der Waals surface area contributed by atoms with Crippen LogP contribution in [-0.4, -0.2) is 30.5 Å². The van der Waals surface area contributed by atoms with Crippen LogP contribution in [0.4, 0.5) is 23.7 Å². The normalized spacial score (nSPS) is 12.2. The Morgan fingerprint density at radius 2 is 1.74 bits per heavy atom. The number of ether oxygens (including phenoxy) is 1. The van der Waals surface area contributed by atoms with Crippen molar-refractivity contribution in [2.75, 3.05) is 11.9 Å². The zero-order chi connectivity index (χ0) is 23.2. The Balaban J connectivity index is 2.25. The van der Waals surface area contributed by atoms with Crippen molar-refractivity contribution in [3.8, 4) is 0 Å². The molecule has 1 atom stereocenters. The van der Waals surface area contributed by atoms with E-state index in [2.05, 4.69) is 5.32 Å². The smallest absolute Gasteiger partial charge is 0.412 e. The monoisotopic (exact) mass is 435 g/mol. The zero-order valence-corrected chi connectivity index (χ0v) is 17.3. The highest BCUT2D eigenvalue weighted by Gasteiger charge is 2.42. The predicted octanol–water partition coefficient (Wildman–Crippen LogP) is 5.31. The average Bonchev–Trinajstić information content (AvgIpc) is 2.70. The molecule has 0 heterocycles. The van der Waals surface area contributed by atoms with Gasteiger partial charge in [-0.15, -0.1) is 0 Å². The number of rotatable bonds is 7. The standard InChI is InChI=1S/C22H24F3N3O3/c1-13(2)12-31-21(30)27-18-10-9-16(11-17(18)14(3)26)20(29)28-19(22(23,24)25)15-7-5-4-6-8-15/h4-11,13,19,26H,12H2,1-3H3,(H,27,30)(H,28,29). The van der Waals surface area contributed by atoms with Crippen LogP contribution >= 0.6 is 0 Å². The Morgan fingerprint density at radius 1 is 1.10 bits per heavy atom. The number of alkyl halides is 3. The first-order chi connectivity index (χ1) is 14.5. The van der Waals surface area contributed by atoms with Crippen molar-refractivity contribution in [3.05, 3.63) is 65.2 Å². The highest BCUT2D eigenvalue weighted by molar-refractivity contribution is 6.06. The summed E-state index contributed by atoms with van der Waals surface area (Å²) in [7, 11) is 0. The van der Waals surface area contributed by atoms with Crippen molar-refractivity contribution in [1.29, 1.82) is 5.41 Å². The van der Waals surface area contributed by atoms with Crippen LogP contribution in [0, 0.1) is 11.3 Å². The minimum Gasteiger partial charge on any atom is -0.449 e. The van der Waals surface area contributed by atoms with Gasteiger partial charge in [0.1, 0.15) is 0 Å². The molecule has 2 aromatic rings. The molecule has 0 aliphatic carbocycles. The van der Waals surface area contributed by atoms with Crippen molar-refractivity contribution in [2.45, 2.75) is 33.0 Å². The molecule has 2 rings (SSSR count). The van der Waals surface area contributed by atoms with E-state index in [1.807, 2.05) is 19.2 Å². The molecule has 2 aromatic carbocycles. The second kappa shape index (κ2) is 10.1. The zero-order valence-electron chi connectivity index (χ0n) is 17.3. The fraction of sp³-hybridized carbons (Fsp3) is 0.318. The number of anilines is 1. The minimum atomic E-state index is -4.70. The molecule has 0 fully saturated rings. The van der Waals surface area contributed by atoms with E-state index < -0.39 is 24.2 Å². The Bertz CT molecular complexity index is 944. The molecule has 0 saturated heterocycles. The summed E-state index contributed by atoms with van der Waals surface area (Å²) in [5.74, 6) is -0.824. The lowest BCUT2D eigenvalue weighted by Crippen LogP contribution is -2.38. The van der Waals surface area contributed by atoms with Crippen molar-refractivity contribution < 1.29 is 27.5 Å². The fourth-order valence-electron chi connectivity index (χ4n) is 2.71. The molecule has 0 saturated carbocycles. The van der Waals surface area contributed by atoms with Gasteiger partial charge in [-0.3, -0.25) is 10.1 Å². The minimum absolute atomic E-state index is 0.0178. The summed E-state index contributed by atoms with van der Waals surface area (Å²) < 4.78 is 45.6. The van der Waals surface area contributed by atoms with Crippen LogP contribution in [0.1, 0.15) is 48.3 Å². The molecule has 6 nitrogen and oxygen atoms in total. The molecule has 0 spiro atoms. The summed E-state index contributed by atoms with van der Waals surface area (Å²) in [6.07, 6.45) is -5.42. The maximum absolute atomic E-state index is 13.5. The third kappa shape index (κ3) is 6.84. The van der Waals surface area contributed by atoms with E-state index in [4.69, 9.17) is 10.1 Å². The highest BCUT2D eigenvalue weighted by Crippen LogP contribution is 2.33. The van der Waals surface area contributed by atoms with Crippen LogP contribution in [0.3, 0.4) is 0 Å². The molecule has 0 aliphatic heterocycles. The molecule has 0 radical (unpaired) electrons. The maximum atomic E-state index is 13.5. The third-order valence-corrected chi connectivity index (χ3v) is 4.21. The number of carbonyl (C=O) groups excluding carboxylic acids is 2. The Morgan fingerprint density at radius 3 is 2.29 bits per heavy atom. The van der Waals surface area contributed by atoms with E-state index in [0.717, 1.165) is 0 Å². The summed E-state index contributed by atoms with van der Waals surface area (Å²) in [5.41, 5.74) is 0.251. The van der Waals surface area contributed by atoms with Gasteiger partial charge < -0.3 is 15.5 Å². The topological polar surface area (TPSA) is 91.3 Å². The van der Waals surface area contributed by atoms with Crippen LogP contribution in [-0.2, 0) is 4.74 Å². The van der Waals surface area contributed by atoms with E-state index >= 15 is 0 Å². The first kappa shape index (κ1) is 23.9. The van der Waals surface area contributed by atoms with Crippen molar-refractivity contribution in [2.24, 2.45) is 5.92 Å². The van der Waals surface area contributed by atoms with Gasteiger partial charge in [0.2, 0.25) is 0 Å². The Kier molecular flexibility index (Phi) is 7.79. The van der Waals surface area contributed by atoms with Crippen LogP contribution in [0.5, 0.6) is 0 Å². The summed E-state index contributed by atoms with van der Waals surface area (Å²) in [6, 6.07) is 8.75. The van der Waals surface area contributed by atoms with Gasteiger partial charge in [-0.2, -0.15) is 13.2 Å². The van der Waals surface area contributed by atoms with Gasteiger partial charge in [-0.1, -0.05) is 44.2 Å².